The van der Waals surface area contributed by atoms with E-state index >= 15 is 0 Å². The van der Waals surface area contributed by atoms with E-state index in [-0.39, 0.29) is 0 Å². The Morgan fingerprint density at radius 1 is 0.531 bits per heavy atom. The molecule has 170 valence electrons. The van der Waals surface area contributed by atoms with Gasteiger partial charge in [-0.05, 0) is 0 Å². The van der Waals surface area contributed by atoms with E-state index in [2.05, 4.69) is 84.9 Å². The summed E-state index contributed by atoms with van der Waals surface area (Å²) in [5.41, 5.74) is 0. The molecule has 0 atom stereocenters. The predicted molar refractivity (Wildman–Crippen MR) is 170 cm³/mol. The molecule has 0 saturated carbocycles. The molecule has 0 amide bonds. The fourth-order valence-electron chi connectivity index (χ4n) is 2.42. The maximum absolute atomic E-state index is 5.67. The van der Waals surface area contributed by atoms with Crippen LogP contribution in [0.2, 0.25) is 0 Å². The Morgan fingerprint density at radius 2 is 0.812 bits per heavy atom. The minimum atomic E-state index is -1.74. The molecule has 32 heavy (non-hydrogen) atoms. The van der Waals surface area contributed by atoms with Crippen LogP contribution < -0.4 is 0 Å². The summed E-state index contributed by atoms with van der Waals surface area (Å²) >= 11 is 7.86. The molecule has 0 aliphatic heterocycles. The van der Waals surface area contributed by atoms with Crippen molar-refractivity contribution >= 4 is 87.8 Å². The van der Waals surface area contributed by atoms with Gasteiger partial charge in [0.15, 0.2) is 0 Å². The van der Waals surface area contributed by atoms with Crippen molar-refractivity contribution in [3.8, 4) is 0 Å². The average molecular weight is 725 g/mol. The summed E-state index contributed by atoms with van der Waals surface area (Å²) < 4.78 is 7.57. The quantitative estimate of drug-likeness (QED) is 0.188. The van der Waals surface area contributed by atoms with Crippen LogP contribution in [0.1, 0.15) is 0 Å². The average Bonchev–Trinajstić information content (AvgIpc) is 2.82. The molecular formula is C24H26I2N2S4. The molecule has 0 heterocycles. The number of halogens is 2. The van der Waals surface area contributed by atoms with Crippen molar-refractivity contribution in [2.45, 2.75) is 0 Å². The van der Waals surface area contributed by atoms with Crippen molar-refractivity contribution < 1.29 is 0 Å². The summed E-state index contributed by atoms with van der Waals surface area (Å²) in [7, 11) is 11.9. The van der Waals surface area contributed by atoms with Crippen LogP contribution in [0.3, 0.4) is 0 Å². The third-order valence-corrected chi connectivity index (χ3v) is 25.7. The van der Waals surface area contributed by atoms with E-state index in [1.165, 1.54) is 14.3 Å². The van der Waals surface area contributed by atoms with Crippen molar-refractivity contribution in [1.82, 2.24) is 9.80 Å². The molecule has 0 unspecified atom stereocenters. The summed E-state index contributed by atoms with van der Waals surface area (Å²) in [5, 5.41) is 0. The van der Waals surface area contributed by atoms with Crippen LogP contribution in [-0.2, 0) is 0 Å². The van der Waals surface area contributed by atoms with Crippen LogP contribution in [-0.4, -0.2) is 46.6 Å². The molecule has 0 aromatic heterocycles. The zero-order valence-corrected chi connectivity index (χ0v) is 25.9. The molecule has 0 radical (unpaired) electrons. The molecule has 2 nitrogen and oxygen atoms in total. The Labute approximate surface area is 222 Å². The summed E-state index contributed by atoms with van der Waals surface area (Å²) in [5.74, 6) is 0. The molecule has 0 saturated heterocycles. The van der Waals surface area contributed by atoms with Crippen molar-refractivity contribution in [2.75, 3.05) is 28.2 Å². The Kier molecular flexibility index (Phi) is 10.6. The van der Waals surface area contributed by atoms with Crippen LogP contribution in [0.15, 0.2) is 84.9 Å². The van der Waals surface area contributed by atoms with Crippen molar-refractivity contribution in [2.24, 2.45) is 0 Å². The van der Waals surface area contributed by atoms with E-state index in [9.17, 15) is 0 Å². The predicted octanol–water partition coefficient (Wildman–Crippen LogP) is 7.77. The SMILES string of the molecule is CN(C)C(=S)SI(c1ccccc1)c1ccc(I(SC(=S)N(C)C)c2ccccc2)cc1. The second-order valence-corrected chi connectivity index (χ2v) is 24.0. The second-order valence-electron chi connectivity index (χ2n) is 7.00. The van der Waals surface area contributed by atoms with Gasteiger partial charge in [-0.2, -0.15) is 0 Å². The molecule has 0 aliphatic rings. The zero-order chi connectivity index (χ0) is 23.1. The second kappa shape index (κ2) is 12.9. The van der Waals surface area contributed by atoms with Crippen LogP contribution in [0.25, 0.3) is 0 Å². The van der Waals surface area contributed by atoms with Gasteiger partial charge in [0.05, 0.1) is 0 Å². The summed E-state index contributed by atoms with van der Waals surface area (Å²) in [6.45, 7) is 0. The van der Waals surface area contributed by atoms with Gasteiger partial charge >= 0.3 is 225 Å². The Bertz CT molecular complexity index is 944. The van der Waals surface area contributed by atoms with Gasteiger partial charge in [0.25, 0.3) is 0 Å². The first kappa shape index (κ1) is 26.2. The normalized spacial score (nSPS) is 11.5. The summed E-state index contributed by atoms with van der Waals surface area (Å²) in [6, 6.07) is 31.0. The molecular weight excluding hydrogens is 698 g/mol. The van der Waals surface area contributed by atoms with Crippen molar-refractivity contribution in [1.29, 1.82) is 0 Å². The number of hydrogen-bond acceptors (Lipinski definition) is 4. The van der Waals surface area contributed by atoms with Gasteiger partial charge in [-0.15, -0.1) is 0 Å². The van der Waals surface area contributed by atoms with Gasteiger partial charge in [-0.25, -0.2) is 0 Å². The fourth-order valence-corrected chi connectivity index (χ4v) is 21.9. The summed E-state index contributed by atoms with van der Waals surface area (Å²) in [4.78, 5) is 4.08. The zero-order valence-electron chi connectivity index (χ0n) is 18.4. The van der Waals surface area contributed by atoms with E-state index < -0.39 is 36.9 Å². The molecule has 8 heteroatoms. The topological polar surface area (TPSA) is 6.48 Å². The van der Waals surface area contributed by atoms with Crippen molar-refractivity contribution in [3.05, 3.63) is 99.2 Å². The van der Waals surface area contributed by atoms with E-state index in [1.54, 1.807) is 0 Å². The van der Waals surface area contributed by atoms with E-state index in [1.807, 2.05) is 55.9 Å². The number of thiocarbonyl (C=S) groups is 2. The Hall–Kier alpha value is -0.400. The monoisotopic (exact) mass is 724 g/mol. The van der Waals surface area contributed by atoms with Crippen molar-refractivity contribution in [3.63, 3.8) is 0 Å². The van der Waals surface area contributed by atoms with E-state index in [0.29, 0.717) is 0 Å². The molecule has 0 bridgehead atoms. The minimum absolute atomic E-state index is 0.952. The van der Waals surface area contributed by atoms with Crippen LogP contribution in [0.4, 0.5) is 0 Å². The summed E-state index contributed by atoms with van der Waals surface area (Å²) in [6.07, 6.45) is 0. The van der Waals surface area contributed by atoms with E-state index in [0.717, 1.165) is 8.64 Å². The number of rotatable bonds is 6. The molecule has 0 fully saturated rings. The molecule has 3 rings (SSSR count). The number of hydrogen-bond donors (Lipinski definition) is 0. The van der Waals surface area contributed by atoms with Gasteiger partial charge in [0, 0.05) is 0 Å². The van der Waals surface area contributed by atoms with Gasteiger partial charge in [0.2, 0.25) is 0 Å². The number of benzene rings is 3. The van der Waals surface area contributed by atoms with Gasteiger partial charge in [0.1, 0.15) is 0 Å². The molecule has 0 N–H and O–H groups in total. The third kappa shape index (κ3) is 7.30. The third-order valence-electron chi connectivity index (χ3n) is 4.08. The maximum atomic E-state index is 5.67. The fraction of sp³-hybridized carbons (Fsp3) is 0.167. The standard InChI is InChI=1S/C24H26I2N2S4/c1-27(2)23(29)31-25(19-11-7-5-8-12-19)21-15-17-22(18-16-21)26(32-24(30)28(3)4)20-13-9-6-10-14-20/h5-18H,1-4H3. The van der Waals surface area contributed by atoms with Crippen LogP contribution in [0, 0.1) is 14.3 Å². The Morgan fingerprint density at radius 3 is 1.09 bits per heavy atom. The Balaban J connectivity index is 1.94. The number of nitrogens with zero attached hydrogens (tertiary/aromatic N) is 2. The molecule has 3 aromatic rings. The van der Waals surface area contributed by atoms with E-state index in [4.69, 9.17) is 24.4 Å². The molecule has 0 spiro atoms. The molecule has 0 aliphatic carbocycles. The van der Waals surface area contributed by atoms with Crippen LogP contribution in [0.5, 0.6) is 0 Å². The first-order chi connectivity index (χ1) is 15.4. The first-order valence-corrected chi connectivity index (χ1v) is 21.6. The van der Waals surface area contributed by atoms with Crippen LogP contribution >= 0.6 is 79.2 Å². The molecule has 3 aromatic carbocycles. The van der Waals surface area contributed by atoms with Gasteiger partial charge in [-0.1, -0.05) is 0 Å². The van der Waals surface area contributed by atoms with Gasteiger partial charge in [-0.3, -0.25) is 0 Å². The van der Waals surface area contributed by atoms with Gasteiger partial charge < -0.3 is 0 Å². The first-order valence-electron chi connectivity index (χ1n) is 9.76.